The molecule has 12 heteroatoms. The zero-order valence-corrected chi connectivity index (χ0v) is 21.3. The Balaban J connectivity index is 2.34. The number of sulfonamides is 1. The van der Waals surface area contributed by atoms with Crippen LogP contribution < -0.4 is 10.0 Å². The van der Waals surface area contributed by atoms with Crippen LogP contribution >= 0.6 is 0 Å². The number of benzene rings is 2. The van der Waals surface area contributed by atoms with Crippen LogP contribution in [0.2, 0.25) is 0 Å². The molecule has 0 bridgehead atoms. The van der Waals surface area contributed by atoms with Gasteiger partial charge in [-0.05, 0) is 57.4 Å². The van der Waals surface area contributed by atoms with Crippen molar-refractivity contribution in [2.75, 3.05) is 6.61 Å². The van der Waals surface area contributed by atoms with E-state index in [4.69, 9.17) is 4.74 Å². The van der Waals surface area contributed by atoms with Gasteiger partial charge >= 0.3 is 5.97 Å². The standard InChI is InChI=1S/C24H30FN3O7S/c1-5-35-23(30)21(15-16-6-10-18(25)11-7-16)26-22(29)20(27-36(33,34)24(2,3)4)14-17-8-12-19(13-9-17)28(31)32/h6-13,20-21,27H,5,14-15H2,1-4H3,(H,26,29)/t20-,21-/m0/s1. The number of esters is 1. The van der Waals surface area contributed by atoms with Gasteiger partial charge in [0.15, 0.2) is 0 Å². The SMILES string of the molecule is CCOC(=O)[C@H](Cc1ccc(F)cc1)NC(=O)[C@H](Cc1ccc([N+](=O)[O-])cc1)NS(=O)(=O)C(C)(C)C. The third kappa shape index (κ3) is 8.09. The van der Waals surface area contributed by atoms with Gasteiger partial charge in [0.1, 0.15) is 17.9 Å². The van der Waals surface area contributed by atoms with Crippen molar-refractivity contribution in [2.45, 2.75) is 57.4 Å². The average Bonchev–Trinajstić information content (AvgIpc) is 2.79. The summed E-state index contributed by atoms with van der Waals surface area (Å²) in [6.45, 7) is 6.05. The number of rotatable bonds is 11. The third-order valence-corrected chi connectivity index (χ3v) is 7.45. The first-order chi connectivity index (χ1) is 16.7. The van der Waals surface area contributed by atoms with Crippen molar-refractivity contribution in [1.82, 2.24) is 10.0 Å². The van der Waals surface area contributed by atoms with E-state index in [0.717, 1.165) is 0 Å². The van der Waals surface area contributed by atoms with Gasteiger partial charge in [-0.1, -0.05) is 24.3 Å². The van der Waals surface area contributed by atoms with Gasteiger partial charge in [0.2, 0.25) is 15.9 Å². The molecule has 36 heavy (non-hydrogen) atoms. The van der Waals surface area contributed by atoms with Gasteiger partial charge in [0.05, 0.1) is 16.3 Å². The molecule has 10 nitrogen and oxygen atoms in total. The second kappa shape index (κ2) is 12.0. The van der Waals surface area contributed by atoms with Crippen molar-refractivity contribution in [1.29, 1.82) is 0 Å². The van der Waals surface area contributed by atoms with Crippen molar-refractivity contribution < 1.29 is 32.1 Å². The number of carbonyl (C=O) groups excluding carboxylic acids is 2. The molecule has 0 radical (unpaired) electrons. The number of nitro groups is 1. The number of amides is 1. The lowest BCUT2D eigenvalue weighted by Gasteiger charge is -2.26. The molecule has 2 rings (SSSR count). The number of nitrogens with zero attached hydrogens (tertiary/aromatic N) is 1. The molecule has 2 aromatic rings. The van der Waals surface area contributed by atoms with E-state index in [9.17, 15) is 32.5 Å². The van der Waals surface area contributed by atoms with Crippen LogP contribution in [-0.4, -0.2) is 48.7 Å². The molecule has 0 fully saturated rings. The van der Waals surface area contributed by atoms with Crippen molar-refractivity contribution in [3.05, 3.63) is 75.6 Å². The van der Waals surface area contributed by atoms with Crippen LogP contribution in [0, 0.1) is 15.9 Å². The molecule has 2 atom stereocenters. The Morgan fingerprint density at radius 1 is 1.00 bits per heavy atom. The molecule has 0 spiro atoms. The summed E-state index contributed by atoms with van der Waals surface area (Å²) in [5, 5.41) is 13.5. The molecule has 0 saturated carbocycles. The molecule has 0 aliphatic heterocycles. The lowest BCUT2D eigenvalue weighted by atomic mass is 10.0. The minimum atomic E-state index is -3.99. The topological polar surface area (TPSA) is 145 Å². The van der Waals surface area contributed by atoms with Gasteiger partial charge in [-0.2, -0.15) is 0 Å². The molecule has 2 N–H and O–H groups in total. The third-order valence-electron chi connectivity index (χ3n) is 5.25. The monoisotopic (exact) mass is 523 g/mol. The molecule has 0 aromatic heterocycles. The van der Waals surface area contributed by atoms with E-state index in [1.54, 1.807) is 6.92 Å². The van der Waals surface area contributed by atoms with Crippen molar-refractivity contribution >= 4 is 27.6 Å². The summed E-state index contributed by atoms with van der Waals surface area (Å²) in [6, 6.07) is 8.20. The first-order valence-corrected chi connectivity index (χ1v) is 12.7. The summed E-state index contributed by atoms with van der Waals surface area (Å²) < 4.78 is 45.2. The quantitative estimate of drug-likeness (QED) is 0.262. The Morgan fingerprint density at radius 3 is 1.97 bits per heavy atom. The van der Waals surface area contributed by atoms with Gasteiger partial charge < -0.3 is 10.1 Å². The lowest BCUT2D eigenvalue weighted by Crippen LogP contribution is -2.55. The van der Waals surface area contributed by atoms with E-state index in [2.05, 4.69) is 10.0 Å². The minimum absolute atomic E-state index is 0.0128. The van der Waals surface area contributed by atoms with Crippen LogP contribution in [0.15, 0.2) is 48.5 Å². The molecular formula is C24H30FN3O7S. The van der Waals surface area contributed by atoms with Crippen LogP contribution in [0.5, 0.6) is 0 Å². The fourth-order valence-corrected chi connectivity index (χ4v) is 4.02. The Bertz CT molecular complexity index is 1180. The molecule has 1 amide bonds. The van der Waals surface area contributed by atoms with Gasteiger partial charge in [0, 0.05) is 18.6 Å². The van der Waals surface area contributed by atoms with Gasteiger partial charge in [0.25, 0.3) is 5.69 Å². The highest BCUT2D eigenvalue weighted by molar-refractivity contribution is 7.90. The predicted octanol–water partition coefficient (Wildman–Crippen LogP) is 2.65. The first kappa shape index (κ1) is 28.9. The maximum atomic E-state index is 13.3. The average molecular weight is 524 g/mol. The molecule has 196 valence electrons. The Morgan fingerprint density at radius 2 is 1.50 bits per heavy atom. The Hall–Kier alpha value is -3.38. The fraction of sp³-hybridized carbons (Fsp3) is 0.417. The number of carbonyl (C=O) groups is 2. The highest BCUT2D eigenvalue weighted by atomic mass is 32.2. The summed E-state index contributed by atoms with van der Waals surface area (Å²) in [5.74, 6) is -1.99. The van der Waals surface area contributed by atoms with Gasteiger partial charge in [-0.25, -0.2) is 22.3 Å². The predicted molar refractivity (Wildman–Crippen MR) is 131 cm³/mol. The maximum absolute atomic E-state index is 13.3. The van der Waals surface area contributed by atoms with Crippen molar-refractivity contribution in [2.24, 2.45) is 0 Å². The molecular weight excluding hydrogens is 493 g/mol. The normalized spacial score (nSPS) is 13.5. The van der Waals surface area contributed by atoms with Crippen molar-refractivity contribution in [3.8, 4) is 0 Å². The second-order valence-corrected chi connectivity index (χ2v) is 11.5. The zero-order chi connectivity index (χ0) is 27.1. The molecule has 2 aromatic carbocycles. The van der Waals surface area contributed by atoms with Crippen LogP contribution in [-0.2, 0) is 37.2 Å². The number of hydrogen-bond donors (Lipinski definition) is 2. The van der Waals surface area contributed by atoms with E-state index >= 15 is 0 Å². The first-order valence-electron chi connectivity index (χ1n) is 11.2. The molecule has 0 heterocycles. The van der Waals surface area contributed by atoms with E-state index < -0.39 is 49.5 Å². The number of nitrogens with one attached hydrogen (secondary N) is 2. The molecule has 0 saturated heterocycles. The number of non-ortho nitro benzene ring substituents is 1. The number of hydrogen-bond acceptors (Lipinski definition) is 7. The Labute approximate surface area is 209 Å². The largest absolute Gasteiger partial charge is 0.464 e. The van der Waals surface area contributed by atoms with E-state index in [1.165, 1.54) is 69.3 Å². The lowest BCUT2D eigenvalue weighted by molar-refractivity contribution is -0.384. The number of nitro benzene ring substituents is 1. The van der Waals surface area contributed by atoms with E-state index in [0.29, 0.717) is 11.1 Å². The smallest absolute Gasteiger partial charge is 0.328 e. The van der Waals surface area contributed by atoms with Crippen LogP contribution in [0.3, 0.4) is 0 Å². The fourth-order valence-electron chi connectivity index (χ4n) is 3.11. The van der Waals surface area contributed by atoms with E-state index in [-0.39, 0.29) is 25.1 Å². The summed E-state index contributed by atoms with van der Waals surface area (Å²) in [4.78, 5) is 36.2. The molecule has 0 unspecified atom stereocenters. The van der Waals surface area contributed by atoms with Crippen LogP contribution in [0.1, 0.15) is 38.8 Å². The highest BCUT2D eigenvalue weighted by Gasteiger charge is 2.35. The van der Waals surface area contributed by atoms with Gasteiger partial charge in [-0.3, -0.25) is 14.9 Å². The van der Waals surface area contributed by atoms with Crippen molar-refractivity contribution in [3.63, 3.8) is 0 Å². The summed E-state index contributed by atoms with van der Waals surface area (Å²) >= 11 is 0. The minimum Gasteiger partial charge on any atom is -0.464 e. The second-order valence-electron chi connectivity index (χ2n) is 9.06. The maximum Gasteiger partial charge on any atom is 0.328 e. The highest BCUT2D eigenvalue weighted by Crippen LogP contribution is 2.17. The van der Waals surface area contributed by atoms with Crippen LogP contribution in [0.25, 0.3) is 0 Å². The molecule has 0 aliphatic rings. The zero-order valence-electron chi connectivity index (χ0n) is 20.5. The summed E-state index contributed by atoms with van der Waals surface area (Å²) in [7, 11) is -3.99. The van der Waals surface area contributed by atoms with Crippen LogP contribution in [0.4, 0.5) is 10.1 Å². The molecule has 0 aliphatic carbocycles. The Kier molecular flexibility index (Phi) is 9.65. The number of ether oxygens (including phenoxy) is 1. The van der Waals surface area contributed by atoms with Gasteiger partial charge in [-0.15, -0.1) is 0 Å². The summed E-state index contributed by atoms with van der Waals surface area (Å²) in [5.41, 5.74) is 0.859. The van der Waals surface area contributed by atoms with E-state index in [1.807, 2.05) is 0 Å². The summed E-state index contributed by atoms with van der Waals surface area (Å²) in [6.07, 6.45) is -0.146. The number of halogens is 1.